The fourth-order valence-electron chi connectivity index (χ4n) is 2.02. The summed E-state index contributed by atoms with van der Waals surface area (Å²) in [6, 6.07) is 2.22. The molecule has 1 aromatic carbocycles. The fraction of sp³-hybridized carbons (Fsp3) is 0.308. The van der Waals surface area contributed by atoms with Crippen molar-refractivity contribution in [1.82, 2.24) is 4.98 Å². The topological polar surface area (TPSA) is 38.9 Å². The number of nitrogen functional groups attached to an aromatic ring is 1. The molecule has 2 aromatic rings. The molecule has 0 fully saturated rings. The van der Waals surface area contributed by atoms with Crippen molar-refractivity contribution in [3.05, 3.63) is 33.8 Å². The van der Waals surface area contributed by atoms with Crippen molar-refractivity contribution < 1.29 is 0 Å². The van der Waals surface area contributed by atoms with E-state index in [-0.39, 0.29) is 0 Å². The Balaban J connectivity index is 2.79. The van der Waals surface area contributed by atoms with E-state index in [9.17, 15) is 0 Å². The highest BCUT2D eigenvalue weighted by atomic mass is 32.1. The third kappa shape index (κ3) is 1.61. The number of nitrogens with two attached hydrogens (primary N) is 1. The Kier molecular flexibility index (Phi) is 2.72. The lowest BCUT2D eigenvalue weighted by atomic mass is 9.92. The van der Waals surface area contributed by atoms with E-state index in [1.165, 1.54) is 39.2 Å². The molecule has 3 heteroatoms. The summed E-state index contributed by atoms with van der Waals surface area (Å²) in [7, 11) is 0. The van der Waals surface area contributed by atoms with Crippen LogP contribution in [0.15, 0.2) is 11.6 Å². The normalized spacial score (nSPS) is 10.8. The summed E-state index contributed by atoms with van der Waals surface area (Å²) in [5, 5.41) is 0.802. The van der Waals surface area contributed by atoms with Crippen molar-refractivity contribution >= 4 is 16.3 Å². The molecule has 0 aliphatic carbocycles. The number of nitrogens with zero attached hydrogens (tertiary/aromatic N) is 1. The summed E-state index contributed by atoms with van der Waals surface area (Å²) in [6.07, 6.45) is 0. The smallest absolute Gasteiger partial charge is 0.114 e. The number of thiazole rings is 1. The molecule has 0 saturated carbocycles. The van der Waals surface area contributed by atoms with Crippen molar-refractivity contribution in [3.63, 3.8) is 0 Å². The Labute approximate surface area is 100 Å². The second-order valence-corrected chi connectivity index (χ2v) is 5.09. The third-order valence-corrected chi connectivity index (χ3v) is 3.86. The summed E-state index contributed by atoms with van der Waals surface area (Å²) in [6.45, 7) is 8.54. The van der Waals surface area contributed by atoms with Crippen LogP contribution in [0.25, 0.3) is 11.3 Å². The molecule has 0 spiro atoms. The van der Waals surface area contributed by atoms with Crippen LogP contribution in [-0.4, -0.2) is 4.98 Å². The monoisotopic (exact) mass is 232 g/mol. The molecule has 0 aliphatic rings. The summed E-state index contributed by atoms with van der Waals surface area (Å²) in [5.41, 5.74) is 15.1. The number of aryl methyl sites for hydroxylation is 2. The van der Waals surface area contributed by atoms with Crippen LogP contribution in [0.4, 0.5) is 5.00 Å². The highest BCUT2D eigenvalue weighted by molar-refractivity contribution is 7.14. The summed E-state index contributed by atoms with van der Waals surface area (Å²) in [4.78, 5) is 4.38. The molecule has 2 rings (SSSR count). The molecule has 16 heavy (non-hydrogen) atoms. The Bertz CT molecular complexity index is 515. The Morgan fingerprint density at radius 3 is 2.06 bits per heavy atom. The van der Waals surface area contributed by atoms with Crippen molar-refractivity contribution in [3.8, 4) is 11.3 Å². The first-order valence-electron chi connectivity index (χ1n) is 5.29. The van der Waals surface area contributed by atoms with Gasteiger partial charge in [0.2, 0.25) is 0 Å². The van der Waals surface area contributed by atoms with Gasteiger partial charge in [-0.3, -0.25) is 0 Å². The van der Waals surface area contributed by atoms with Crippen molar-refractivity contribution in [2.24, 2.45) is 0 Å². The number of hydrogen-bond acceptors (Lipinski definition) is 3. The second-order valence-electron chi connectivity index (χ2n) is 4.20. The van der Waals surface area contributed by atoms with Crippen LogP contribution in [0.3, 0.4) is 0 Å². The molecule has 2 nitrogen and oxygen atoms in total. The molecule has 0 radical (unpaired) electrons. The summed E-state index contributed by atoms with van der Waals surface area (Å²) >= 11 is 1.50. The zero-order valence-electron chi connectivity index (χ0n) is 10.1. The minimum Gasteiger partial charge on any atom is -0.389 e. The van der Waals surface area contributed by atoms with Gasteiger partial charge in [0.05, 0.1) is 5.51 Å². The highest BCUT2D eigenvalue weighted by Gasteiger charge is 2.14. The third-order valence-electron chi connectivity index (χ3n) is 3.20. The predicted octanol–water partition coefficient (Wildman–Crippen LogP) is 3.63. The molecule has 1 heterocycles. The molecule has 2 N–H and O–H groups in total. The first-order valence-corrected chi connectivity index (χ1v) is 6.17. The molecule has 0 bridgehead atoms. The molecule has 0 amide bonds. The molecular formula is C13H16N2S. The lowest BCUT2D eigenvalue weighted by molar-refractivity contribution is 1.23. The van der Waals surface area contributed by atoms with E-state index in [1.54, 1.807) is 5.51 Å². The van der Waals surface area contributed by atoms with E-state index in [0.29, 0.717) is 0 Å². The van der Waals surface area contributed by atoms with E-state index in [2.05, 4.69) is 38.7 Å². The van der Waals surface area contributed by atoms with Crippen LogP contribution in [0.5, 0.6) is 0 Å². The number of benzene rings is 1. The van der Waals surface area contributed by atoms with Gasteiger partial charge in [-0.05, 0) is 49.9 Å². The second kappa shape index (κ2) is 3.91. The van der Waals surface area contributed by atoms with E-state index in [4.69, 9.17) is 5.73 Å². The standard InChI is InChI=1S/C13H16N2S/c1-7-5-8(2)10(4)11(9(7)3)12-13(14)16-6-15-12/h5-6H,14H2,1-4H3. The molecule has 0 atom stereocenters. The van der Waals surface area contributed by atoms with Gasteiger partial charge in [-0.1, -0.05) is 6.07 Å². The minimum atomic E-state index is 0.802. The van der Waals surface area contributed by atoms with Crippen LogP contribution in [-0.2, 0) is 0 Å². The van der Waals surface area contributed by atoms with Crippen LogP contribution >= 0.6 is 11.3 Å². The summed E-state index contributed by atoms with van der Waals surface area (Å²) in [5.74, 6) is 0. The van der Waals surface area contributed by atoms with E-state index < -0.39 is 0 Å². The van der Waals surface area contributed by atoms with Gasteiger partial charge in [-0.25, -0.2) is 4.98 Å². The highest BCUT2D eigenvalue weighted by Crippen LogP contribution is 2.35. The first-order chi connectivity index (χ1) is 7.52. The number of rotatable bonds is 1. The van der Waals surface area contributed by atoms with Gasteiger partial charge in [0.25, 0.3) is 0 Å². The van der Waals surface area contributed by atoms with Crippen LogP contribution in [0.1, 0.15) is 22.3 Å². The van der Waals surface area contributed by atoms with Gasteiger partial charge < -0.3 is 5.73 Å². The quantitative estimate of drug-likeness (QED) is 0.815. The number of anilines is 1. The van der Waals surface area contributed by atoms with Gasteiger partial charge in [-0.15, -0.1) is 11.3 Å². The average molecular weight is 232 g/mol. The van der Waals surface area contributed by atoms with Crippen LogP contribution < -0.4 is 5.73 Å². The van der Waals surface area contributed by atoms with Crippen molar-refractivity contribution in [2.75, 3.05) is 5.73 Å². The van der Waals surface area contributed by atoms with Gasteiger partial charge >= 0.3 is 0 Å². The van der Waals surface area contributed by atoms with Crippen molar-refractivity contribution in [1.29, 1.82) is 0 Å². The zero-order valence-corrected chi connectivity index (χ0v) is 10.9. The van der Waals surface area contributed by atoms with E-state index in [0.717, 1.165) is 10.7 Å². The van der Waals surface area contributed by atoms with Gasteiger partial charge in [-0.2, -0.15) is 0 Å². The van der Waals surface area contributed by atoms with Gasteiger partial charge in [0, 0.05) is 5.56 Å². The maximum absolute atomic E-state index is 5.97. The molecule has 0 saturated heterocycles. The fourth-order valence-corrected chi connectivity index (χ4v) is 2.55. The molecule has 0 unspecified atom stereocenters. The molecular weight excluding hydrogens is 216 g/mol. The largest absolute Gasteiger partial charge is 0.389 e. The lowest BCUT2D eigenvalue weighted by Crippen LogP contribution is -1.97. The van der Waals surface area contributed by atoms with E-state index in [1.807, 2.05) is 0 Å². The minimum absolute atomic E-state index is 0.802. The van der Waals surface area contributed by atoms with Crippen LogP contribution in [0, 0.1) is 27.7 Å². The number of aromatic nitrogens is 1. The predicted molar refractivity (Wildman–Crippen MR) is 70.9 cm³/mol. The van der Waals surface area contributed by atoms with E-state index >= 15 is 0 Å². The molecule has 84 valence electrons. The zero-order chi connectivity index (χ0) is 11.9. The lowest BCUT2D eigenvalue weighted by Gasteiger charge is -2.14. The Morgan fingerprint density at radius 1 is 1.06 bits per heavy atom. The van der Waals surface area contributed by atoms with Crippen LogP contribution in [0.2, 0.25) is 0 Å². The SMILES string of the molecule is Cc1cc(C)c(C)c(-c2ncsc2N)c1C. The Hall–Kier alpha value is -1.35. The van der Waals surface area contributed by atoms with Gasteiger partial charge in [0.15, 0.2) is 0 Å². The summed E-state index contributed by atoms with van der Waals surface area (Å²) < 4.78 is 0. The average Bonchev–Trinajstić information content (AvgIpc) is 2.63. The van der Waals surface area contributed by atoms with Crippen molar-refractivity contribution in [2.45, 2.75) is 27.7 Å². The Morgan fingerprint density at radius 2 is 1.62 bits per heavy atom. The molecule has 0 aliphatic heterocycles. The number of hydrogen-bond donors (Lipinski definition) is 1. The maximum atomic E-state index is 5.97. The maximum Gasteiger partial charge on any atom is 0.114 e. The first kappa shape index (κ1) is 11.1. The van der Waals surface area contributed by atoms with Gasteiger partial charge in [0.1, 0.15) is 10.7 Å². The molecule has 1 aromatic heterocycles.